The second kappa shape index (κ2) is 9.62. The molecular formula is C25H30N2O6. The Labute approximate surface area is 193 Å². The lowest BCUT2D eigenvalue weighted by atomic mass is 9.88. The largest absolute Gasteiger partial charge is 0.479 e. The van der Waals surface area contributed by atoms with Crippen molar-refractivity contribution in [3.05, 3.63) is 59.7 Å². The van der Waals surface area contributed by atoms with Crippen molar-refractivity contribution in [2.45, 2.75) is 38.6 Å². The number of carbonyl (C=O) groups is 3. The fraction of sp³-hybridized carbons (Fsp3) is 0.400. The Balaban J connectivity index is 1.53. The number of carboxylic acids is 1. The van der Waals surface area contributed by atoms with Crippen LogP contribution in [0.4, 0.5) is 4.79 Å². The first-order valence-electron chi connectivity index (χ1n) is 10.8. The first kappa shape index (κ1) is 24.3. The highest BCUT2D eigenvalue weighted by molar-refractivity contribution is 5.87. The summed E-state index contributed by atoms with van der Waals surface area (Å²) in [5.74, 6) is -1.91. The van der Waals surface area contributed by atoms with Gasteiger partial charge >= 0.3 is 12.1 Å². The minimum atomic E-state index is -1.76. The quantitative estimate of drug-likeness (QED) is 0.462. The van der Waals surface area contributed by atoms with Crippen molar-refractivity contribution in [3.63, 3.8) is 0 Å². The van der Waals surface area contributed by atoms with Crippen LogP contribution in [0, 0.1) is 5.41 Å². The number of aliphatic hydroxyl groups excluding tert-OH is 1. The van der Waals surface area contributed by atoms with Crippen LogP contribution in [-0.2, 0) is 14.3 Å². The van der Waals surface area contributed by atoms with Crippen LogP contribution in [0.5, 0.6) is 0 Å². The SMILES string of the molecule is CC(C)(CNC(=O)OCC1c2ccccc2-c2ccccc21)CC(=O)NC(C)(CO)C(=O)O. The zero-order valence-electron chi connectivity index (χ0n) is 19.1. The van der Waals surface area contributed by atoms with E-state index in [0.717, 1.165) is 22.3 Å². The van der Waals surface area contributed by atoms with Crippen molar-refractivity contribution in [3.8, 4) is 11.1 Å². The molecule has 1 unspecified atom stereocenters. The molecule has 0 heterocycles. The number of fused-ring (bicyclic) bond motifs is 3. The fourth-order valence-electron chi connectivity index (χ4n) is 3.97. The molecule has 33 heavy (non-hydrogen) atoms. The van der Waals surface area contributed by atoms with Crippen molar-refractivity contribution in [1.29, 1.82) is 0 Å². The first-order valence-corrected chi connectivity index (χ1v) is 10.8. The molecular weight excluding hydrogens is 424 g/mol. The van der Waals surface area contributed by atoms with E-state index in [0.29, 0.717) is 0 Å². The van der Waals surface area contributed by atoms with E-state index in [1.165, 1.54) is 6.92 Å². The molecule has 1 aliphatic carbocycles. The van der Waals surface area contributed by atoms with Gasteiger partial charge in [-0.2, -0.15) is 0 Å². The Hall–Kier alpha value is -3.39. The fourth-order valence-corrected chi connectivity index (χ4v) is 3.97. The topological polar surface area (TPSA) is 125 Å². The Morgan fingerprint density at radius 2 is 1.52 bits per heavy atom. The third-order valence-corrected chi connectivity index (χ3v) is 5.90. The van der Waals surface area contributed by atoms with Gasteiger partial charge in [0.1, 0.15) is 6.61 Å². The number of hydrogen-bond donors (Lipinski definition) is 4. The van der Waals surface area contributed by atoms with Crippen molar-refractivity contribution >= 4 is 18.0 Å². The van der Waals surface area contributed by atoms with Gasteiger partial charge in [-0.1, -0.05) is 62.4 Å². The van der Waals surface area contributed by atoms with Gasteiger partial charge in [0.05, 0.1) is 6.61 Å². The summed E-state index contributed by atoms with van der Waals surface area (Å²) < 4.78 is 5.51. The van der Waals surface area contributed by atoms with Gasteiger partial charge in [-0.3, -0.25) is 4.79 Å². The summed E-state index contributed by atoms with van der Waals surface area (Å²) in [5, 5.41) is 23.5. The lowest BCUT2D eigenvalue weighted by Gasteiger charge is -2.28. The van der Waals surface area contributed by atoms with E-state index in [2.05, 4.69) is 22.8 Å². The van der Waals surface area contributed by atoms with Crippen molar-refractivity contribution in [2.75, 3.05) is 19.8 Å². The van der Waals surface area contributed by atoms with Crippen molar-refractivity contribution in [1.82, 2.24) is 10.6 Å². The van der Waals surface area contributed by atoms with E-state index in [-0.39, 0.29) is 25.5 Å². The zero-order valence-corrected chi connectivity index (χ0v) is 19.1. The number of alkyl carbamates (subject to hydrolysis) is 1. The average Bonchev–Trinajstić information content (AvgIpc) is 3.09. The number of carboxylic acid groups (broad SMARTS) is 1. The molecule has 8 heteroatoms. The number of hydrogen-bond acceptors (Lipinski definition) is 5. The highest BCUT2D eigenvalue weighted by atomic mass is 16.5. The monoisotopic (exact) mass is 454 g/mol. The number of carbonyl (C=O) groups excluding carboxylic acids is 2. The van der Waals surface area contributed by atoms with Gasteiger partial charge < -0.3 is 25.6 Å². The Kier molecular flexibility index (Phi) is 7.07. The van der Waals surface area contributed by atoms with Crippen LogP contribution in [0.1, 0.15) is 44.2 Å². The standard InChI is InChI=1S/C25H30N2O6/c1-24(2,12-21(29)27-25(3,15-28)22(30)31)14-26-23(32)33-13-20-18-10-6-4-8-16(18)17-9-5-7-11-19(17)20/h4-11,20,28H,12-15H2,1-3H3,(H,26,32)(H,27,29)(H,30,31). The van der Waals surface area contributed by atoms with Crippen LogP contribution < -0.4 is 10.6 Å². The Morgan fingerprint density at radius 1 is 0.970 bits per heavy atom. The van der Waals surface area contributed by atoms with Gasteiger partial charge in [0.15, 0.2) is 5.54 Å². The van der Waals surface area contributed by atoms with Crippen molar-refractivity contribution in [2.24, 2.45) is 5.41 Å². The Morgan fingerprint density at radius 3 is 2.03 bits per heavy atom. The predicted molar refractivity (Wildman–Crippen MR) is 123 cm³/mol. The van der Waals surface area contributed by atoms with E-state index < -0.39 is 35.5 Å². The molecule has 1 aliphatic rings. The van der Waals surface area contributed by atoms with Crippen LogP contribution >= 0.6 is 0 Å². The number of rotatable bonds is 9. The summed E-state index contributed by atoms with van der Waals surface area (Å²) in [6.45, 7) is 4.39. The molecule has 2 aromatic rings. The van der Waals surface area contributed by atoms with E-state index in [1.807, 2.05) is 36.4 Å². The maximum absolute atomic E-state index is 12.4. The molecule has 2 amide bonds. The lowest BCUT2D eigenvalue weighted by Crippen LogP contribution is -2.55. The van der Waals surface area contributed by atoms with Gasteiger partial charge in [-0.25, -0.2) is 9.59 Å². The molecule has 3 rings (SSSR count). The summed E-state index contributed by atoms with van der Waals surface area (Å²) in [7, 11) is 0. The molecule has 0 radical (unpaired) electrons. The lowest BCUT2D eigenvalue weighted by molar-refractivity contribution is -0.149. The summed E-state index contributed by atoms with van der Waals surface area (Å²) in [6.07, 6.45) is -0.629. The predicted octanol–water partition coefficient (Wildman–Crippen LogP) is 2.89. The summed E-state index contributed by atoms with van der Waals surface area (Å²) in [4.78, 5) is 35.9. The molecule has 0 fully saturated rings. The number of amides is 2. The molecule has 0 aromatic heterocycles. The van der Waals surface area contributed by atoms with E-state index in [4.69, 9.17) is 4.74 Å². The number of nitrogens with one attached hydrogen (secondary N) is 2. The molecule has 2 aromatic carbocycles. The Bertz CT molecular complexity index is 1010. The third kappa shape index (κ3) is 5.51. The van der Waals surface area contributed by atoms with E-state index in [1.54, 1.807) is 13.8 Å². The molecule has 0 bridgehead atoms. The molecule has 0 saturated heterocycles. The average molecular weight is 455 g/mol. The summed E-state index contributed by atoms with van der Waals surface area (Å²) in [6, 6.07) is 16.1. The molecule has 8 nitrogen and oxygen atoms in total. The number of benzene rings is 2. The highest BCUT2D eigenvalue weighted by Gasteiger charge is 2.36. The second-order valence-electron chi connectivity index (χ2n) is 9.36. The minimum Gasteiger partial charge on any atom is -0.479 e. The highest BCUT2D eigenvalue weighted by Crippen LogP contribution is 2.44. The number of aliphatic hydroxyl groups is 1. The van der Waals surface area contributed by atoms with E-state index >= 15 is 0 Å². The van der Waals surface area contributed by atoms with Crippen LogP contribution in [0.15, 0.2) is 48.5 Å². The summed E-state index contributed by atoms with van der Waals surface area (Å²) >= 11 is 0. The molecule has 176 valence electrons. The normalized spacial score (nSPS) is 14.5. The second-order valence-corrected chi connectivity index (χ2v) is 9.36. The van der Waals surface area contributed by atoms with Crippen molar-refractivity contribution < 1.29 is 29.3 Å². The first-order chi connectivity index (χ1) is 15.6. The third-order valence-electron chi connectivity index (χ3n) is 5.90. The van der Waals surface area contributed by atoms with Gasteiger partial charge in [-0.05, 0) is 34.6 Å². The van der Waals surface area contributed by atoms with Gasteiger partial charge in [0, 0.05) is 18.9 Å². The molecule has 1 atom stereocenters. The maximum Gasteiger partial charge on any atom is 0.407 e. The molecule has 0 saturated carbocycles. The minimum absolute atomic E-state index is 0.0421. The van der Waals surface area contributed by atoms with Crippen LogP contribution in [-0.4, -0.2) is 53.5 Å². The smallest absolute Gasteiger partial charge is 0.407 e. The van der Waals surface area contributed by atoms with Gasteiger partial charge in [0.2, 0.25) is 5.91 Å². The van der Waals surface area contributed by atoms with Crippen LogP contribution in [0.25, 0.3) is 11.1 Å². The van der Waals surface area contributed by atoms with Crippen LogP contribution in [0.3, 0.4) is 0 Å². The molecule has 0 aliphatic heterocycles. The summed E-state index contributed by atoms with van der Waals surface area (Å²) in [5.41, 5.74) is 2.11. The zero-order chi connectivity index (χ0) is 24.2. The number of aliphatic carboxylic acids is 1. The van der Waals surface area contributed by atoms with E-state index in [9.17, 15) is 24.6 Å². The molecule has 0 spiro atoms. The van der Waals surface area contributed by atoms with Crippen LogP contribution in [0.2, 0.25) is 0 Å². The van der Waals surface area contributed by atoms with Gasteiger partial charge in [0.25, 0.3) is 0 Å². The van der Waals surface area contributed by atoms with Gasteiger partial charge in [-0.15, -0.1) is 0 Å². The molecule has 4 N–H and O–H groups in total. The number of ether oxygens (including phenoxy) is 1. The maximum atomic E-state index is 12.4.